The number of nitrogen functional groups attached to an aromatic ring is 1. The Balaban J connectivity index is 2.51. The highest BCUT2D eigenvalue weighted by Crippen LogP contribution is 2.38. The smallest absolute Gasteiger partial charge is 0.268 e. The van der Waals surface area contributed by atoms with E-state index < -0.39 is 0 Å². The van der Waals surface area contributed by atoms with E-state index in [0.29, 0.717) is 30.1 Å². The summed E-state index contributed by atoms with van der Waals surface area (Å²) in [6, 6.07) is 5.47. The maximum absolute atomic E-state index is 12.0. The number of hydrogen-bond acceptors (Lipinski definition) is 3. The van der Waals surface area contributed by atoms with Gasteiger partial charge in [0.1, 0.15) is 11.4 Å². The fourth-order valence-corrected chi connectivity index (χ4v) is 1.98. The van der Waals surface area contributed by atoms with Crippen LogP contribution < -0.4 is 15.4 Å². The third-order valence-electron chi connectivity index (χ3n) is 2.80. The zero-order chi connectivity index (χ0) is 11.7. The van der Waals surface area contributed by atoms with E-state index in [-0.39, 0.29) is 12.0 Å². The summed E-state index contributed by atoms with van der Waals surface area (Å²) in [4.78, 5) is 13.7. The van der Waals surface area contributed by atoms with E-state index in [1.807, 2.05) is 26.0 Å². The van der Waals surface area contributed by atoms with E-state index in [1.54, 1.807) is 11.0 Å². The molecule has 0 fully saturated rings. The van der Waals surface area contributed by atoms with Gasteiger partial charge in [-0.2, -0.15) is 0 Å². The lowest BCUT2D eigenvalue weighted by molar-refractivity contribution is -0.126. The number of amides is 1. The van der Waals surface area contributed by atoms with Crippen LogP contribution in [0.4, 0.5) is 11.4 Å². The van der Waals surface area contributed by atoms with E-state index in [2.05, 4.69) is 0 Å². The number of anilines is 2. The largest absolute Gasteiger partial charge is 0.478 e. The molecule has 2 rings (SSSR count). The number of rotatable bonds is 2. The third-order valence-corrected chi connectivity index (χ3v) is 2.80. The summed E-state index contributed by atoms with van der Waals surface area (Å²) in [5.74, 6) is 0.698. The number of para-hydroxylation sites is 1. The minimum atomic E-state index is -0.380. The van der Waals surface area contributed by atoms with E-state index in [4.69, 9.17) is 10.5 Å². The quantitative estimate of drug-likeness (QED) is 0.773. The molecule has 2 N–H and O–H groups in total. The van der Waals surface area contributed by atoms with Crippen LogP contribution in [0.15, 0.2) is 18.2 Å². The van der Waals surface area contributed by atoms with Crippen LogP contribution in [0.25, 0.3) is 0 Å². The molecule has 0 radical (unpaired) electrons. The van der Waals surface area contributed by atoms with Gasteiger partial charge in [-0.15, -0.1) is 0 Å². The average Bonchev–Trinajstić information content (AvgIpc) is 2.29. The summed E-state index contributed by atoms with van der Waals surface area (Å²) >= 11 is 0. The Bertz CT molecular complexity index is 417. The number of carbonyl (C=O) groups is 1. The molecular weight excluding hydrogens is 204 g/mol. The molecule has 4 heteroatoms. The molecule has 86 valence electrons. The van der Waals surface area contributed by atoms with Crippen LogP contribution in [0.2, 0.25) is 0 Å². The van der Waals surface area contributed by atoms with Gasteiger partial charge < -0.3 is 15.4 Å². The van der Waals surface area contributed by atoms with Crippen molar-refractivity contribution in [2.75, 3.05) is 17.2 Å². The van der Waals surface area contributed by atoms with Crippen molar-refractivity contribution in [2.45, 2.75) is 26.4 Å². The average molecular weight is 220 g/mol. The van der Waals surface area contributed by atoms with Gasteiger partial charge in [-0.05, 0) is 25.5 Å². The molecule has 0 bridgehead atoms. The van der Waals surface area contributed by atoms with Crippen molar-refractivity contribution in [3.05, 3.63) is 18.2 Å². The maximum atomic E-state index is 12.0. The van der Waals surface area contributed by atoms with Crippen LogP contribution in [-0.2, 0) is 4.79 Å². The summed E-state index contributed by atoms with van der Waals surface area (Å²) in [6.07, 6.45) is 0.290. The second-order valence-electron chi connectivity index (χ2n) is 3.79. The van der Waals surface area contributed by atoms with Gasteiger partial charge in [0, 0.05) is 6.54 Å². The highest BCUT2D eigenvalue weighted by molar-refractivity contribution is 6.02. The van der Waals surface area contributed by atoms with Crippen LogP contribution in [0.5, 0.6) is 5.75 Å². The second-order valence-corrected chi connectivity index (χ2v) is 3.79. The summed E-state index contributed by atoms with van der Waals surface area (Å²) < 4.78 is 5.64. The fraction of sp³-hybridized carbons (Fsp3) is 0.417. The van der Waals surface area contributed by atoms with Gasteiger partial charge in [-0.3, -0.25) is 4.79 Å². The number of carbonyl (C=O) groups excluding carboxylic acids is 1. The normalized spacial score (nSPS) is 19.2. The van der Waals surface area contributed by atoms with E-state index in [9.17, 15) is 4.79 Å². The standard InChI is InChI=1S/C12H16N2O2/c1-3-9-12(15)14(4-2)11-8(13)6-5-7-10(11)16-9/h5-7,9H,3-4,13H2,1-2H3. The van der Waals surface area contributed by atoms with Crippen molar-refractivity contribution < 1.29 is 9.53 Å². The van der Waals surface area contributed by atoms with Crippen LogP contribution >= 0.6 is 0 Å². The first-order chi connectivity index (χ1) is 7.69. The Hall–Kier alpha value is -1.71. The molecule has 0 saturated heterocycles. The summed E-state index contributed by atoms with van der Waals surface area (Å²) in [6.45, 7) is 4.49. The van der Waals surface area contributed by atoms with Crippen LogP contribution in [0.3, 0.4) is 0 Å². The van der Waals surface area contributed by atoms with Crippen molar-refractivity contribution in [3.8, 4) is 5.75 Å². The first-order valence-electron chi connectivity index (χ1n) is 5.55. The lowest BCUT2D eigenvalue weighted by Crippen LogP contribution is -2.45. The molecular formula is C12H16N2O2. The van der Waals surface area contributed by atoms with Crippen molar-refractivity contribution in [1.29, 1.82) is 0 Å². The summed E-state index contributed by atoms with van der Waals surface area (Å²) in [5.41, 5.74) is 7.18. The predicted octanol–water partition coefficient (Wildman–Crippen LogP) is 1.79. The molecule has 1 amide bonds. The second kappa shape index (κ2) is 4.04. The monoisotopic (exact) mass is 220 g/mol. The van der Waals surface area contributed by atoms with Gasteiger partial charge in [0.25, 0.3) is 5.91 Å². The Morgan fingerprint density at radius 3 is 2.81 bits per heavy atom. The van der Waals surface area contributed by atoms with Gasteiger partial charge in [-0.25, -0.2) is 0 Å². The molecule has 4 nitrogen and oxygen atoms in total. The molecule has 1 heterocycles. The molecule has 1 atom stereocenters. The maximum Gasteiger partial charge on any atom is 0.268 e. The van der Waals surface area contributed by atoms with Crippen molar-refractivity contribution in [2.24, 2.45) is 0 Å². The SMILES string of the molecule is CCC1Oc2cccc(N)c2N(CC)C1=O. The third kappa shape index (κ3) is 1.50. The molecule has 1 aromatic rings. The van der Waals surface area contributed by atoms with E-state index >= 15 is 0 Å². The van der Waals surface area contributed by atoms with Gasteiger partial charge in [0.05, 0.1) is 5.69 Å². The molecule has 0 aliphatic carbocycles. The number of nitrogens with zero attached hydrogens (tertiary/aromatic N) is 1. The van der Waals surface area contributed by atoms with E-state index in [0.717, 1.165) is 0 Å². The number of nitrogens with two attached hydrogens (primary N) is 1. The minimum Gasteiger partial charge on any atom is -0.478 e. The Morgan fingerprint density at radius 1 is 1.44 bits per heavy atom. The zero-order valence-corrected chi connectivity index (χ0v) is 9.56. The number of fused-ring (bicyclic) bond motifs is 1. The van der Waals surface area contributed by atoms with Gasteiger partial charge in [0.15, 0.2) is 6.10 Å². The summed E-state index contributed by atoms with van der Waals surface area (Å²) in [5, 5.41) is 0. The Kier molecular flexibility index (Phi) is 2.73. The molecule has 1 aromatic carbocycles. The molecule has 1 aliphatic heterocycles. The van der Waals surface area contributed by atoms with Gasteiger partial charge >= 0.3 is 0 Å². The van der Waals surface area contributed by atoms with Crippen molar-refractivity contribution in [1.82, 2.24) is 0 Å². The zero-order valence-electron chi connectivity index (χ0n) is 9.56. The lowest BCUT2D eigenvalue weighted by atomic mass is 10.1. The molecule has 16 heavy (non-hydrogen) atoms. The highest BCUT2D eigenvalue weighted by Gasteiger charge is 2.33. The van der Waals surface area contributed by atoms with Crippen molar-refractivity contribution >= 4 is 17.3 Å². The number of hydrogen-bond donors (Lipinski definition) is 1. The molecule has 0 aromatic heterocycles. The molecule has 1 unspecified atom stereocenters. The van der Waals surface area contributed by atoms with Crippen LogP contribution in [0, 0.1) is 0 Å². The molecule has 1 aliphatic rings. The minimum absolute atomic E-state index is 0.00426. The molecule has 0 spiro atoms. The number of likely N-dealkylation sites (N-methyl/N-ethyl adjacent to an activating group) is 1. The van der Waals surface area contributed by atoms with Crippen molar-refractivity contribution in [3.63, 3.8) is 0 Å². The predicted molar refractivity (Wildman–Crippen MR) is 63.6 cm³/mol. The van der Waals surface area contributed by atoms with Gasteiger partial charge in [0.2, 0.25) is 0 Å². The topological polar surface area (TPSA) is 55.6 Å². The summed E-state index contributed by atoms with van der Waals surface area (Å²) in [7, 11) is 0. The lowest BCUT2D eigenvalue weighted by Gasteiger charge is -2.34. The highest BCUT2D eigenvalue weighted by atomic mass is 16.5. The van der Waals surface area contributed by atoms with Gasteiger partial charge in [-0.1, -0.05) is 13.0 Å². The Morgan fingerprint density at radius 2 is 2.19 bits per heavy atom. The Labute approximate surface area is 95.0 Å². The first-order valence-corrected chi connectivity index (χ1v) is 5.55. The molecule has 0 saturated carbocycles. The fourth-order valence-electron chi connectivity index (χ4n) is 1.98. The number of benzene rings is 1. The number of ether oxygens (including phenoxy) is 1. The van der Waals surface area contributed by atoms with E-state index in [1.165, 1.54) is 0 Å². The van der Waals surface area contributed by atoms with Crippen LogP contribution in [0.1, 0.15) is 20.3 Å². The first kappa shape index (κ1) is 10.8. The van der Waals surface area contributed by atoms with Crippen LogP contribution in [-0.4, -0.2) is 18.6 Å².